The minimum atomic E-state index is -3.83. The molecule has 0 atom stereocenters. The van der Waals surface area contributed by atoms with Gasteiger partial charge < -0.3 is 26.0 Å². The molecular formula is C28H38ClN7O3S. The van der Waals surface area contributed by atoms with Gasteiger partial charge in [0.15, 0.2) is 20.7 Å². The molecule has 1 saturated heterocycles. The van der Waals surface area contributed by atoms with Crippen molar-refractivity contribution in [2.75, 3.05) is 23.7 Å². The molecule has 1 aliphatic heterocycles. The zero-order valence-electron chi connectivity index (χ0n) is 23.2. The number of halogens is 1. The van der Waals surface area contributed by atoms with Crippen molar-refractivity contribution in [3.8, 4) is 5.75 Å². The van der Waals surface area contributed by atoms with Crippen LogP contribution >= 0.6 is 11.6 Å². The molecule has 2 aliphatic carbocycles. The Hall–Kier alpha value is -2.89. The van der Waals surface area contributed by atoms with E-state index in [2.05, 4.69) is 50.3 Å². The number of aryl methyl sites for hydroxylation is 1. The third-order valence-electron chi connectivity index (χ3n) is 7.40. The van der Waals surface area contributed by atoms with Gasteiger partial charge >= 0.3 is 0 Å². The van der Waals surface area contributed by atoms with Gasteiger partial charge in [-0.05, 0) is 102 Å². The maximum absolute atomic E-state index is 12.8. The van der Waals surface area contributed by atoms with Crippen LogP contribution in [0.4, 0.5) is 17.5 Å². The molecular weight excluding hydrogens is 550 g/mol. The van der Waals surface area contributed by atoms with Crippen molar-refractivity contribution in [3.63, 3.8) is 0 Å². The zero-order chi connectivity index (χ0) is 28.4. The molecule has 0 amide bonds. The standard InChI is InChI=1S/C28H38ClN7O3S/c1-16(2)40(37,38)26(30)24(15-32-19-4-5-19)34-27-22(29)14-33-28(36-27)35-23-12-17(3)21(18-8-10-31-11-9-18)13-25(23)39-20-6-7-20/h12-16,18-20,30-32H,4-11H2,1-3H3,(H2,33,34,35,36)/b24-15+,30-26?. The number of hydrogen-bond acceptors (Lipinski definition) is 10. The Bertz CT molecular complexity index is 1400. The third kappa shape index (κ3) is 6.87. The molecule has 0 radical (unpaired) electrons. The highest BCUT2D eigenvalue weighted by Crippen LogP contribution is 2.39. The van der Waals surface area contributed by atoms with Gasteiger partial charge in [0.25, 0.3) is 0 Å². The molecule has 1 aromatic heterocycles. The van der Waals surface area contributed by atoms with E-state index >= 15 is 0 Å². The lowest BCUT2D eigenvalue weighted by atomic mass is 9.87. The van der Waals surface area contributed by atoms with Crippen LogP contribution in [0.1, 0.15) is 69.4 Å². The van der Waals surface area contributed by atoms with E-state index in [1.165, 1.54) is 23.5 Å². The molecule has 3 aliphatic rings. The highest BCUT2D eigenvalue weighted by atomic mass is 35.5. The Morgan fingerprint density at radius 1 is 1.18 bits per heavy atom. The SMILES string of the molecule is Cc1cc(Nc2ncc(Cl)c(N/C(=C/NC3CC3)C(=N)S(=O)(=O)C(C)C)n2)c(OC2CC2)cc1C1CCNCC1. The topological polar surface area (TPSA) is 141 Å². The normalized spacial score (nSPS) is 18.5. The Kier molecular flexibility index (Phi) is 8.53. The van der Waals surface area contributed by atoms with E-state index in [0.717, 1.165) is 63.1 Å². The van der Waals surface area contributed by atoms with Crippen LogP contribution in [0.25, 0.3) is 0 Å². The van der Waals surface area contributed by atoms with Crippen molar-refractivity contribution in [2.24, 2.45) is 0 Å². The smallest absolute Gasteiger partial charge is 0.229 e. The highest BCUT2D eigenvalue weighted by molar-refractivity contribution is 8.07. The second-order valence-corrected chi connectivity index (χ2v) is 14.0. The first-order valence-electron chi connectivity index (χ1n) is 14.0. The number of anilines is 3. The van der Waals surface area contributed by atoms with Crippen molar-refractivity contribution in [1.29, 1.82) is 5.41 Å². The maximum Gasteiger partial charge on any atom is 0.229 e. The van der Waals surface area contributed by atoms with E-state index < -0.39 is 20.1 Å². The minimum Gasteiger partial charge on any atom is -0.488 e. The first-order valence-corrected chi connectivity index (χ1v) is 15.9. The fourth-order valence-corrected chi connectivity index (χ4v) is 5.62. The van der Waals surface area contributed by atoms with Crippen molar-refractivity contribution < 1.29 is 13.2 Å². The zero-order valence-corrected chi connectivity index (χ0v) is 24.8. The second kappa shape index (κ2) is 11.9. The summed E-state index contributed by atoms with van der Waals surface area (Å²) in [5.74, 6) is 1.73. The van der Waals surface area contributed by atoms with Gasteiger partial charge in [-0.1, -0.05) is 11.6 Å². The molecule has 0 spiro atoms. The molecule has 0 bridgehead atoms. The molecule has 216 valence electrons. The Labute approximate surface area is 241 Å². The van der Waals surface area contributed by atoms with Gasteiger partial charge in [0.2, 0.25) is 5.95 Å². The summed E-state index contributed by atoms with van der Waals surface area (Å²) < 4.78 is 31.9. The number of hydrogen-bond donors (Lipinski definition) is 5. The van der Waals surface area contributed by atoms with Gasteiger partial charge in [0.05, 0.1) is 28.9 Å². The summed E-state index contributed by atoms with van der Waals surface area (Å²) in [6.45, 7) is 7.24. The van der Waals surface area contributed by atoms with Crippen LogP contribution in [0, 0.1) is 12.3 Å². The second-order valence-electron chi connectivity index (χ2n) is 11.1. The van der Waals surface area contributed by atoms with Crippen LogP contribution < -0.4 is 26.0 Å². The van der Waals surface area contributed by atoms with Crippen LogP contribution in [0.3, 0.4) is 0 Å². The van der Waals surface area contributed by atoms with Gasteiger partial charge in [0.1, 0.15) is 10.8 Å². The van der Waals surface area contributed by atoms with Gasteiger partial charge in [-0.25, -0.2) is 13.4 Å². The van der Waals surface area contributed by atoms with Crippen molar-refractivity contribution >= 4 is 43.9 Å². The van der Waals surface area contributed by atoms with E-state index in [1.807, 2.05) is 0 Å². The van der Waals surface area contributed by atoms with Gasteiger partial charge in [-0.15, -0.1) is 0 Å². The predicted octanol–water partition coefficient (Wildman–Crippen LogP) is 5.00. The van der Waals surface area contributed by atoms with E-state index in [9.17, 15) is 8.42 Å². The number of nitrogens with zero attached hydrogens (tertiary/aromatic N) is 2. The molecule has 3 fully saturated rings. The molecule has 2 heterocycles. The number of piperidine rings is 1. The minimum absolute atomic E-state index is 0.0760. The van der Waals surface area contributed by atoms with E-state index in [-0.39, 0.29) is 34.6 Å². The van der Waals surface area contributed by atoms with E-state index in [4.69, 9.17) is 21.7 Å². The molecule has 2 aromatic rings. The van der Waals surface area contributed by atoms with Crippen LogP contribution in [-0.4, -0.2) is 53.9 Å². The average Bonchev–Trinajstić information content (AvgIpc) is 3.86. The maximum atomic E-state index is 12.8. The van der Waals surface area contributed by atoms with Crippen molar-refractivity contribution in [1.82, 2.24) is 20.6 Å². The lowest BCUT2D eigenvalue weighted by Gasteiger charge is -2.26. The Morgan fingerprint density at radius 2 is 1.90 bits per heavy atom. The Balaban J connectivity index is 1.42. The molecule has 10 nitrogen and oxygen atoms in total. The van der Waals surface area contributed by atoms with E-state index in [0.29, 0.717) is 5.92 Å². The summed E-state index contributed by atoms with van der Waals surface area (Å²) in [7, 11) is -3.83. The molecule has 5 N–H and O–H groups in total. The molecule has 5 rings (SSSR count). The summed E-state index contributed by atoms with van der Waals surface area (Å²) in [6, 6.07) is 4.50. The summed E-state index contributed by atoms with van der Waals surface area (Å²) >= 11 is 6.43. The first-order chi connectivity index (χ1) is 19.1. The van der Waals surface area contributed by atoms with Crippen molar-refractivity contribution in [3.05, 3.63) is 46.4 Å². The van der Waals surface area contributed by atoms with E-state index in [1.54, 1.807) is 13.8 Å². The summed E-state index contributed by atoms with van der Waals surface area (Å²) in [4.78, 5) is 8.91. The molecule has 2 saturated carbocycles. The lowest BCUT2D eigenvalue weighted by molar-refractivity contribution is 0.304. The number of rotatable bonds is 11. The quantitative estimate of drug-likeness (QED) is 0.181. The number of ether oxygens (including phenoxy) is 1. The summed E-state index contributed by atoms with van der Waals surface area (Å²) in [5.41, 5.74) is 3.32. The van der Waals surface area contributed by atoms with Gasteiger partial charge in [-0.2, -0.15) is 4.98 Å². The van der Waals surface area contributed by atoms with Crippen LogP contribution in [-0.2, 0) is 9.84 Å². The molecule has 40 heavy (non-hydrogen) atoms. The first kappa shape index (κ1) is 28.6. The van der Waals surface area contributed by atoms with Crippen LogP contribution in [0.2, 0.25) is 5.02 Å². The van der Waals surface area contributed by atoms with Gasteiger partial charge in [0, 0.05) is 12.2 Å². The molecule has 1 aromatic carbocycles. The fraction of sp³-hybridized carbons (Fsp3) is 0.536. The fourth-order valence-electron chi connectivity index (χ4n) is 4.60. The molecule has 12 heteroatoms. The number of nitrogens with one attached hydrogen (secondary N) is 5. The Morgan fingerprint density at radius 3 is 2.55 bits per heavy atom. The summed E-state index contributed by atoms with van der Waals surface area (Å²) in [5, 5.41) is 20.2. The molecule has 0 unspecified atom stereocenters. The van der Waals surface area contributed by atoms with Gasteiger partial charge in [-0.3, -0.25) is 5.41 Å². The highest BCUT2D eigenvalue weighted by Gasteiger charge is 2.29. The lowest BCUT2D eigenvalue weighted by Crippen LogP contribution is -2.29. The average molecular weight is 588 g/mol. The number of benzene rings is 1. The van der Waals surface area contributed by atoms with Crippen LogP contribution in [0.5, 0.6) is 5.75 Å². The monoisotopic (exact) mass is 587 g/mol. The third-order valence-corrected chi connectivity index (χ3v) is 9.71. The number of aromatic nitrogens is 2. The predicted molar refractivity (Wildman–Crippen MR) is 160 cm³/mol. The number of sulfone groups is 1. The summed E-state index contributed by atoms with van der Waals surface area (Å²) in [6.07, 6.45) is 9.45. The largest absolute Gasteiger partial charge is 0.488 e. The van der Waals surface area contributed by atoms with Crippen LogP contribution in [0.15, 0.2) is 30.2 Å². The van der Waals surface area contributed by atoms with Crippen molar-refractivity contribution in [2.45, 2.75) is 82.6 Å².